The fourth-order valence-corrected chi connectivity index (χ4v) is 2.07. The Bertz CT molecular complexity index is 795. The Hall–Kier alpha value is -2.69. The van der Waals surface area contributed by atoms with E-state index in [1.807, 2.05) is 13.1 Å². The zero-order chi connectivity index (χ0) is 14.1. The number of aryl methyl sites for hydroxylation is 1. The molecule has 100 valence electrons. The molecule has 2 aromatic carbocycles. The van der Waals surface area contributed by atoms with Crippen molar-refractivity contribution >= 4 is 22.5 Å². The highest BCUT2D eigenvalue weighted by Gasteiger charge is 2.11. The van der Waals surface area contributed by atoms with Crippen molar-refractivity contribution < 1.29 is 9.18 Å². The van der Waals surface area contributed by atoms with E-state index in [2.05, 4.69) is 10.4 Å². The van der Waals surface area contributed by atoms with E-state index in [9.17, 15) is 9.18 Å². The minimum absolute atomic E-state index is 0.0256. The van der Waals surface area contributed by atoms with E-state index >= 15 is 0 Å². The first-order valence-corrected chi connectivity index (χ1v) is 6.13. The van der Waals surface area contributed by atoms with Crippen molar-refractivity contribution in [1.82, 2.24) is 9.78 Å². The Kier molecular flexibility index (Phi) is 2.95. The second kappa shape index (κ2) is 4.77. The predicted octanol–water partition coefficient (Wildman–Crippen LogP) is 2.96. The first-order valence-electron chi connectivity index (χ1n) is 6.13. The van der Waals surface area contributed by atoms with Crippen molar-refractivity contribution in [2.45, 2.75) is 0 Å². The molecule has 0 aliphatic carbocycles. The summed E-state index contributed by atoms with van der Waals surface area (Å²) in [5.74, 6) is -1.00. The summed E-state index contributed by atoms with van der Waals surface area (Å²) in [6.45, 7) is 0. The van der Waals surface area contributed by atoms with E-state index in [0.29, 0.717) is 5.69 Å². The highest BCUT2D eigenvalue weighted by molar-refractivity contribution is 6.05. The van der Waals surface area contributed by atoms with Gasteiger partial charge in [-0.2, -0.15) is 5.10 Å². The molecule has 1 aromatic heterocycles. The van der Waals surface area contributed by atoms with Gasteiger partial charge in [-0.15, -0.1) is 0 Å². The van der Waals surface area contributed by atoms with Crippen LogP contribution in [0.4, 0.5) is 10.1 Å². The summed E-state index contributed by atoms with van der Waals surface area (Å²) in [6, 6.07) is 11.3. The fraction of sp³-hybridized carbons (Fsp3) is 0.0667. The van der Waals surface area contributed by atoms with Crippen molar-refractivity contribution in [3.63, 3.8) is 0 Å². The Morgan fingerprint density at radius 2 is 2.05 bits per heavy atom. The molecule has 0 atom stereocenters. The second-order valence-electron chi connectivity index (χ2n) is 4.48. The van der Waals surface area contributed by atoms with Crippen molar-refractivity contribution in [2.24, 2.45) is 7.05 Å². The molecule has 20 heavy (non-hydrogen) atoms. The van der Waals surface area contributed by atoms with E-state index in [1.165, 1.54) is 12.1 Å². The van der Waals surface area contributed by atoms with Gasteiger partial charge in [-0.05, 0) is 30.3 Å². The van der Waals surface area contributed by atoms with Crippen molar-refractivity contribution in [1.29, 1.82) is 0 Å². The van der Waals surface area contributed by atoms with E-state index in [-0.39, 0.29) is 5.56 Å². The van der Waals surface area contributed by atoms with Gasteiger partial charge in [-0.1, -0.05) is 12.1 Å². The number of benzene rings is 2. The molecular formula is C15H12FN3O. The summed E-state index contributed by atoms with van der Waals surface area (Å²) >= 11 is 0. The molecule has 5 heteroatoms. The standard InChI is InChI=1S/C15H12FN3O/c1-19-14-8-11(7-6-10(14)9-17-19)18-15(20)12-4-2-3-5-13(12)16/h2-9H,1H3,(H,18,20). The summed E-state index contributed by atoms with van der Waals surface area (Å²) in [5, 5.41) is 7.80. The van der Waals surface area contributed by atoms with Gasteiger partial charge < -0.3 is 5.32 Å². The largest absolute Gasteiger partial charge is 0.322 e. The second-order valence-corrected chi connectivity index (χ2v) is 4.48. The van der Waals surface area contributed by atoms with Gasteiger partial charge in [-0.3, -0.25) is 9.48 Å². The zero-order valence-corrected chi connectivity index (χ0v) is 10.8. The quantitative estimate of drug-likeness (QED) is 0.777. The maximum absolute atomic E-state index is 13.5. The number of anilines is 1. The van der Waals surface area contributed by atoms with Gasteiger partial charge in [0.1, 0.15) is 5.82 Å². The van der Waals surface area contributed by atoms with Crippen molar-refractivity contribution in [3.05, 3.63) is 60.0 Å². The van der Waals surface area contributed by atoms with Gasteiger partial charge in [0.05, 0.1) is 17.3 Å². The third-order valence-electron chi connectivity index (χ3n) is 3.13. The van der Waals surface area contributed by atoms with Crippen LogP contribution in [0.15, 0.2) is 48.7 Å². The third-order valence-corrected chi connectivity index (χ3v) is 3.13. The lowest BCUT2D eigenvalue weighted by Gasteiger charge is -2.06. The molecule has 0 fully saturated rings. The number of nitrogens with one attached hydrogen (secondary N) is 1. The van der Waals surface area contributed by atoms with Crippen LogP contribution in [0.5, 0.6) is 0 Å². The van der Waals surface area contributed by atoms with Crippen molar-refractivity contribution in [3.8, 4) is 0 Å². The monoisotopic (exact) mass is 269 g/mol. The minimum Gasteiger partial charge on any atom is -0.322 e. The first-order chi connectivity index (χ1) is 9.65. The van der Waals surface area contributed by atoms with E-state index < -0.39 is 11.7 Å². The Labute approximate surface area is 114 Å². The van der Waals surface area contributed by atoms with E-state index in [4.69, 9.17) is 0 Å². The van der Waals surface area contributed by atoms with Gasteiger partial charge in [0.15, 0.2) is 0 Å². The van der Waals surface area contributed by atoms with Gasteiger partial charge in [0, 0.05) is 18.1 Å². The maximum atomic E-state index is 13.5. The molecule has 1 amide bonds. The SMILES string of the molecule is Cn1ncc2ccc(NC(=O)c3ccccc3F)cc21. The molecule has 1 heterocycles. The number of hydrogen-bond acceptors (Lipinski definition) is 2. The smallest absolute Gasteiger partial charge is 0.258 e. The Morgan fingerprint density at radius 1 is 1.25 bits per heavy atom. The van der Waals surface area contributed by atoms with Gasteiger partial charge in [-0.25, -0.2) is 4.39 Å². The summed E-state index contributed by atoms with van der Waals surface area (Å²) in [6.07, 6.45) is 1.75. The number of rotatable bonds is 2. The van der Waals surface area contributed by atoms with Crippen LogP contribution in [0.2, 0.25) is 0 Å². The summed E-state index contributed by atoms with van der Waals surface area (Å²) in [5.41, 5.74) is 1.53. The fourth-order valence-electron chi connectivity index (χ4n) is 2.07. The highest BCUT2D eigenvalue weighted by Crippen LogP contribution is 2.19. The molecule has 4 nitrogen and oxygen atoms in total. The number of halogens is 1. The zero-order valence-electron chi connectivity index (χ0n) is 10.8. The van der Waals surface area contributed by atoms with Crippen LogP contribution < -0.4 is 5.32 Å². The molecule has 0 spiro atoms. The summed E-state index contributed by atoms with van der Waals surface area (Å²) < 4.78 is 15.3. The normalized spacial score (nSPS) is 10.7. The molecule has 0 aliphatic heterocycles. The summed E-state index contributed by atoms with van der Waals surface area (Å²) in [7, 11) is 1.82. The topological polar surface area (TPSA) is 46.9 Å². The number of carbonyl (C=O) groups excluding carboxylic acids is 1. The number of carbonyl (C=O) groups is 1. The average Bonchev–Trinajstić information content (AvgIpc) is 2.81. The Morgan fingerprint density at radius 3 is 2.85 bits per heavy atom. The number of aromatic nitrogens is 2. The molecule has 0 saturated heterocycles. The molecule has 0 saturated carbocycles. The highest BCUT2D eigenvalue weighted by atomic mass is 19.1. The molecular weight excluding hydrogens is 257 g/mol. The van der Waals surface area contributed by atoms with Crippen LogP contribution in [-0.4, -0.2) is 15.7 Å². The van der Waals surface area contributed by atoms with E-state index in [0.717, 1.165) is 10.9 Å². The van der Waals surface area contributed by atoms with Gasteiger partial charge >= 0.3 is 0 Å². The molecule has 0 aliphatic rings. The number of hydrogen-bond donors (Lipinski definition) is 1. The molecule has 3 rings (SSSR count). The van der Waals surface area contributed by atoms with Crippen LogP contribution in [0.25, 0.3) is 10.9 Å². The minimum atomic E-state index is -0.536. The Balaban J connectivity index is 1.91. The average molecular weight is 269 g/mol. The number of amides is 1. The van der Waals surface area contributed by atoms with Gasteiger partial charge in [0.2, 0.25) is 0 Å². The summed E-state index contributed by atoms with van der Waals surface area (Å²) in [4.78, 5) is 12.0. The van der Waals surface area contributed by atoms with Gasteiger partial charge in [0.25, 0.3) is 5.91 Å². The lowest BCUT2D eigenvalue weighted by molar-refractivity contribution is 0.102. The van der Waals surface area contributed by atoms with Crippen molar-refractivity contribution in [2.75, 3.05) is 5.32 Å². The molecule has 3 aromatic rings. The number of fused-ring (bicyclic) bond motifs is 1. The molecule has 0 unspecified atom stereocenters. The first kappa shape index (κ1) is 12.3. The molecule has 0 bridgehead atoms. The molecule has 0 radical (unpaired) electrons. The maximum Gasteiger partial charge on any atom is 0.258 e. The van der Waals surface area contributed by atoms with Crippen LogP contribution in [0, 0.1) is 5.82 Å². The number of nitrogens with zero attached hydrogens (tertiary/aromatic N) is 2. The molecule has 1 N–H and O–H groups in total. The van der Waals surface area contributed by atoms with Crippen LogP contribution in [0.1, 0.15) is 10.4 Å². The van der Waals surface area contributed by atoms with E-state index in [1.54, 1.807) is 35.1 Å². The van der Waals surface area contributed by atoms with Crippen LogP contribution in [-0.2, 0) is 7.05 Å². The lowest BCUT2D eigenvalue weighted by Crippen LogP contribution is -2.13. The van der Waals surface area contributed by atoms with Crippen LogP contribution in [0.3, 0.4) is 0 Å². The third kappa shape index (κ3) is 2.14. The lowest BCUT2D eigenvalue weighted by atomic mass is 10.2. The predicted molar refractivity (Wildman–Crippen MR) is 75.1 cm³/mol. The van der Waals surface area contributed by atoms with Crippen LogP contribution >= 0.6 is 0 Å².